The molecule has 0 bridgehead atoms. The predicted octanol–water partition coefficient (Wildman–Crippen LogP) is 2.76. The third kappa shape index (κ3) is 4.62. The van der Waals surface area contributed by atoms with E-state index in [1.807, 2.05) is 12.1 Å². The van der Waals surface area contributed by atoms with Crippen LogP contribution in [0.3, 0.4) is 0 Å². The molecule has 0 saturated carbocycles. The number of halogens is 1. The highest BCUT2D eigenvalue weighted by molar-refractivity contribution is 9.10. The van der Waals surface area contributed by atoms with Crippen molar-refractivity contribution in [2.24, 2.45) is 0 Å². The minimum absolute atomic E-state index is 0.175. The predicted molar refractivity (Wildman–Crippen MR) is 78.9 cm³/mol. The van der Waals surface area contributed by atoms with Gasteiger partial charge in [-0.15, -0.1) is 0 Å². The minimum Gasteiger partial charge on any atom is -0.391 e. The summed E-state index contributed by atoms with van der Waals surface area (Å²) in [5.74, 6) is 0.175. The molecule has 19 heavy (non-hydrogen) atoms. The van der Waals surface area contributed by atoms with Crippen LogP contribution in [0.5, 0.6) is 0 Å². The Bertz CT molecular complexity index is 436. The topological polar surface area (TPSA) is 40.5 Å². The molecule has 3 nitrogen and oxygen atoms in total. The lowest BCUT2D eigenvalue weighted by atomic mass is 10.1. The Balaban J connectivity index is 1.74. The van der Waals surface area contributed by atoms with Gasteiger partial charge in [-0.2, -0.15) is 0 Å². The van der Waals surface area contributed by atoms with Gasteiger partial charge in [0.2, 0.25) is 5.91 Å². The van der Waals surface area contributed by atoms with Gasteiger partial charge in [0.1, 0.15) is 0 Å². The van der Waals surface area contributed by atoms with Crippen LogP contribution in [0, 0.1) is 0 Å². The molecule has 2 rings (SSSR count). The highest BCUT2D eigenvalue weighted by Gasteiger charge is 2.21. The van der Waals surface area contributed by atoms with Crippen molar-refractivity contribution in [1.82, 2.24) is 4.90 Å². The van der Waals surface area contributed by atoms with Crippen molar-refractivity contribution in [3.8, 4) is 0 Å². The SMILES string of the molecule is O=C(CCCc1cccc(Br)c1)N1CCCC(O)C1. The molecule has 1 aromatic carbocycles. The summed E-state index contributed by atoms with van der Waals surface area (Å²) in [7, 11) is 0. The maximum absolute atomic E-state index is 12.0. The van der Waals surface area contributed by atoms with Gasteiger partial charge in [-0.1, -0.05) is 28.1 Å². The molecule has 1 unspecified atom stereocenters. The summed E-state index contributed by atoms with van der Waals surface area (Å²) >= 11 is 3.45. The van der Waals surface area contributed by atoms with E-state index in [9.17, 15) is 9.90 Å². The lowest BCUT2D eigenvalue weighted by Crippen LogP contribution is -2.42. The van der Waals surface area contributed by atoms with Crippen LogP contribution in [0.2, 0.25) is 0 Å². The molecule has 1 aliphatic rings. The second-order valence-corrected chi connectivity index (χ2v) is 6.03. The molecule has 1 heterocycles. The van der Waals surface area contributed by atoms with Gasteiger partial charge in [-0.05, 0) is 43.4 Å². The van der Waals surface area contributed by atoms with E-state index in [0.717, 1.165) is 36.7 Å². The van der Waals surface area contributed by atoms with Crippen molar-refractivity contribution in [3.05, 3.63) is 34.3 Å². The standard InChI is InChI=1S/C15H20BrNO2/c16-13-6-1-4-12(10-13)5-2-8-15(19)17-9-3-7-14(18)11-17/h1,4,6,10,14,18H,2-3,5,7-9,11H2. The molecule has 1 amide bonds. The summed E-state index contributed by atoms with van der Waals surface area (Å²) in [5, 5.41) is 9.56. The number of piperidine rings is 1. The molecule has 1 N–H and O–H groups in total. The molecule has 0 spiro atoms. The highest BCUT2D eigenvalue weighted by Crippen LogP contribution is 2.15. The average Bonchev–Trinajstić information content (AvgIpc) is 2.38. The van der Waals surface area contributed by atoms with Crippen LogP contribution in [0.4, 0.5) is 0 Å². The first kappa shape index (κ1) is 14.5. The molecule has 1 saturated heterocycles. The van der Waals surface area contributed by atoms with Crippen molar-refractivity contribution in [1.29, 1.82) is 0 Å². The number of amides is 1. The second kappa shape index (κ2) is 7.06. The van der Waals surface area contributed by atoms with Crippen molar-refractivity contribution in [2.45, 2.75) is 38.2 Å². The summed E-state index contributed by atoms with van der Waals surface area (Å²) in [6.45, 7) is 1.31. The first-order chi connectivity index (χ1) is 9.15. The van der Waals surface area contributed by atoms with E-state index in [4.69, 9.17) is 0 Å². The van der Waals surface area contributed by atoms with Crippen LogP contribution >= 0.6 is 15.9 Å². The lowest BCUT2D eigenvalue weighted by molar-refractivity contribution is -0.134. The maximum Gasteiger partial charge on any atom is 0.222 e. The summed E-state index contributed by atoms with van der Waals surface area (Å²) < 4.78 is 1.08. The summed E-state index contributed by atoms with van der Waals surface area (Å²) in [4.78, 5) is 13.8. The third-order valence-corrected chi connectivity index (χ3v) is 3.99. The van der Waals surface area contributed by atoms with E-state index in [-0.39, 0.29) is 12.0 Å². The molecular formula is C15H20BrNO2. The van der Waals surface area contributed by atoms with Gasteiger partial charge in [-0.25, -0.2) is 0 Å². The van der Waals surface area contributed by atoms with Crippen LogP contribution < -0.4 is 0 Å². The Kier molecular flexibility index (Phi) is 5.40. The number of aryl methyl sites for hydroxylation is 1. The number of aliphatic hydroxyl groups is 1. The molecule has 4 heteroatoms. The summed E-state index contributed by atoms with van der Waals surface area (Å²) in [6, 6.07) is 8.20. The number of hydrogen-bond donors (Lipinski definition) is 1. The smallest absolute Gasteiger partial charge is 0.222 e. The molecule has 1 aliphatic heterocycles. The molecule has 0 aliphatic carbocycles. The van der Waals surface area contributed by atoms with Gasteiger partial charge in [0.15, 0.2) is 0 Å². The Labute approximate surface area is 122 Å². The van der Waals surface area contributed by atoms with Crippen molar-refractivity contribution in [3.63, 3.8) is 0 Å². The zero-order valence-corrected chi connectivity index (χ0v) is 12.6. The van der Waals surface area contributed by atoms with Crippen LogP contribution in [0.15, 0.2) is 28.7 Å². The normalized spacial score (nSPS) is 19.5. The Hall–Kier alpha value is -0.870. The van der Waals surface area contributed by atoms with Crippen LogP contribution in [0.25, 0.3) is 0 Å². The van der Waals surface area contributed by atoms with Crippen LogP contribution in [-0.4, -0.2) is 35.1 Å². The fraction of sp³-hybridized carbons (Fsp3) is 0.533. The van der Waals surface area contributed by atoms with Crippen molar-refractivity contribution < 1.29 is 9.90 Å². The summed E-state index contributed by atoms with van der Waals surface area (Å²) in [6.07, 6.45) is 3.76. The quantitative estimate of drug-likeness (QED) is 0.924. The van der Waals surface area contributed by atoms with Crippen molar-refractivity contribution in [2.75, 3.05) is 13.1 Å². The molecule has 1 fully saturated rings. The van der Waals surface area contributed by atoms with E-state index in [1.54, 1.807) is 4.90 Å². The first-order valence-corrected chi connectivity index (χ1v) is 7.65. The molecular weight excluding hydrogens is 306 g/mol. The van der Waals surface area contributed by atoms with Gasteiger partial charge in [-0.3, -0.25) is 4.79 Å². The van der Waals surface area contributed by atoms with Gasteiger partial charge in [0.25, 0.3) is 0 Å². The Morgan fingerprint density at radius 3 is 3.05 bits per heavy atom. The zero-order valence-electron chi connectivity index (χ0n) is 11.0. The molecule has 1 atom stereocenters. The number of carbonyl (C=O) groups excluding carboxylic acids is 1. The molecule has 0 radical (unpaired) electrons. The zero-order chi connectivity index (χ0) is 13.7. The monoisotopic (exact) mass is 325 g/mol. The van der Waals surface area contributed by atoms with E-state index in [2.05, 4.69) is 28.1 Å². The number of benzene rings is 1. The number of likely N-dealkylation sites (tertiary alicyclic amines) is 1. The average molecular weight is 326 g/mol. The van der Waals surface area contributed by atoms with E-state index in [1.165, 1.54) is 5.56 Å². The number of carbonyl (C=O) groups is 1. The molecule has 0 aromatic heterocycles. The number of aliphatic hydroxyl groups excluding tert-OH is 1. The largest absolute Gasteiger partial charge is 0.391 e. The van der Waals surface area contributed by atoms with Crippen LogP contribution in [-0.2, 0) is 11.2 Å². The van der Waals surface area contributed by atoms with Crippen molar-refractivity contribution >= 4 is 21.8 Å². The molecule has 104 valence electrons. The number of hydrogen-bond acceptors (Lipinski definition) is 2. The number of β-amino-alcohol motifs (C(OH)–C–C–N with tert-alkyl or cyclic N) is 1. The highest BCUT2D eigenvalue weighted by atomic mass is 79.9. The van der Waals surface area contributed by atoms with Crippen LogP contribution in [0.1, 0.15) is 31.2 Å². The Morgan fingerprint density at radius 1 is 1.47 bits per heavy atom. The Morgan fingerprint density at radius 2 is 2.32 bits per heavy atom. The van der Waals surface area contributed by atoms with Gasteiger partial charge < -0.3 is 10.0 Å². The minimum atomic E-state index is -0.331. The fourth-order valence-electron chi connectivity index (χ4n) is 2.48. The maximum atomic E-state index is 12.0. The first-order valence-electron chi connectivity index (χ1n) is 6.85. The number of nitrogens with zero attached hydrogens (tertiary/aromatic N) is 1. The fourth-order valence-corrected chi connectivity index (χ4v) is 2.92. The van der Waals surface area contributed by atoms with E-state index in [0.29, 0.717) is 13.0 Å². The van der Waals surface area contributed by atoms with Gasteiger partial charge >= 0.3 is 0 Å². The third-order valence-electron chi connectivity index (χ3n) is 3.49. The van der Waals surface area contributed by atoms with Gasteiger partial charge in [0, 0.05) is 24.0 Å². The lowest BCUT2D eigenvalue weighted by Gasteiger charge is -2.30. The van der Waals surface area contributed by atoms with E-state index >= 15 is 0 Å². The second-order valence-electron chi connectivity index (χ2n) is 5.12. The number of rotatable bonds is 4. The molecule has 1 aromatic rings. The van der Waals surface area contributed by atoms with Gasteiger partial charge in [0.05, 0.1) is 6.10 Å². The summed E-state index contributed by atoms with van der Waals surface area (Å²) in [5.41, 5.74) is 1.25. The van der Waals surface area contributed by atoms with E-state index < -0.39 is 0 Å².